The largest absolute Gasteiger partial charge is 0.497 e. The summed E-state index contributed by atoms with van der Waals surface area (Å²) in [5, 5.41) is 3.90. The number of carbonyl (C=O) groups is 1. The molecule has 0 spiro atoms. The van der Waals surface area contributed by atoms with Crippen LogP contribution in [0.2, 0.25) is 0 Å². The molecule has 0 aliphatic heterocycles. The van der Waals surface area contributed by atoms with Gasteiger partial charge in [0.05, 0.1) is 13.3 Å². The summed E-state index contributed by atoms with van der Waals surface area (Å²) in [5.74, 6) is 1.01. The van der Waals surface area contributed by atoms with E-state index in [9.17, 15) is 4.79 Å². The Bertz CT molecular complexity index is 660. The zero-order chi connectivity index (χ0) is 15.8. The number of nitrogens with zero attached hydrogens (tertiary/aromatic N) is 1. The number of rotatable bonds is 6. The van der Waals surface area contributed by atoms with Gasteiger partial charge in [0.1, 0.15) is 11.5 Å². The molecule has 0 bridgehead atoms. The Morgan fingerprint density at radius 3 is 2.73 bits per heavy atom. The molecule has 0 unspecified atom stereocenters. The first kappa shape index (κ1) is 16.0. The average Bonchev–Trinajstić information content (AvgIpc) is 2.55. The van der Waals surface area contributed by atoms with E-state index in [2.05, 4.69) is 26.5 Å². The summed E-state index contributed by atoms with van der Waals surface area (Å²) in [6.45, 7) is -0.0966. The lowest BCUT2D eigenvalue weighted by atomic mass is 10.2. The van der Waals surface area contributed by atoms with Crippen molar-refractivity contribution in [3.05, 3.63) is 58.6 Å². The van der Waals surface area contributed by atoms with Crippen LogP contribution in [-0.2, 0) is 4.79 Å². The average molecular weight is 363 g/mol. The molecule has 114 valence electrons. The molecule has 1 N–H and O–H groups in total. The van der Waals surface area contributed by atoms with Crippen molar-refractivity contribution in [2.45, 2.75) is 0 Å². The van der Waals surface area contributed by atoms with Gasteiger partial charge in [-0.2, -0.15) is 5.10 Å². The molecule has 2 aromatic carbocycles. The van der Waals surface area contributed by atoms with Crippen molar-refractivity contribution in [1.29, 1.82) is 0 Å². The number of para-hydroxylation sites is 1. The first-order valence-electron chi connectivity index (χ1n) is 6.52. The predicted molar refractivity (Wildman–Crippen MR) is 88.4 cm³/mol. The minimum atomic E-state index is -0.334. The van der Waals surface area contributed by atoms with Gasteiger partial charge in [-0.25, -0.2) is 5.43 Å². The van der Waals surface area contributed by atoms with Crippen molar-refractivity contribution in [2.24, 2.45) is 5.10 Å². The minimum Gasteiger partial charge on any atom is -0.497 e. The third-order valence-corrected chi connectivity index (χ3v) is 3.43. The number of methoxy groups -OCH3 is 1. The summed E-state index contributed by atoms with van der Waals surface area (Å²) >= 11 is 3.40. The number of benzene rings is 2. The maximum absolute atomic E-state index is 11.6. The topological polar surface area (TPSA) is 59.9 Å². The van der Waals surface area contributed by atoms with Crippen molar-refractivity contribution in [3.63, 3.8) is 0 Å². The summed E-state index contributed by atoms with van der Waals surface area (Å²) in [5.41, 5.74) is 3.20. The molecule has 22 heavy (non-hydrogen) atoms. The lowest BCUT2D eigenvalue weighted by molar-refractivity contribution is -0.123. The molecule has 0 saturated heterocycles. The van der Waals surface area contributed by atoms with Gasteiger partial charge in [-0.05, 0) is 30.3 Å². The van der Waals surface area contributed by atoms with Gasteiger partial charge in [-0.1, -0.05) is 34.1 Å². The van der Waals surface area contributed by atoms with E-state index in [0.717, 1.165) is 10.0 Å². The molecule has 5 nitrogen and oxygen atoms in total. The Balaban J connectivity index is 1.85. The Labute approximate surface area is 137 Å². The van der Waals surface area contributed by atoms with E-state index in [1.807, 2.05) is 30.3 Å². The highest BCUT2D eigenvalue weighted by Gasteiger charge is 2.02. The van der Waals surface area contributed by atoms with Crippen LogP contribution in [0.15, 0.2) is 58.1 Å². The zero-order valence-corrected chi connectivity index (χ0v) is 13.5. The maximum atomic E-state index is 11.6. The minimum absolute atomic E-state index is 0.0966. The fraction of sp³-hybridized carbons (Fsp3) is 0.125. The molecule has 0 saturated carbocycles. The summed E-state index contributed by atoms with van der Waals surface area (Å²) in [7, 11) is 1.59. The second-order valence-corrected chi connectivity index (χ2v) is 5.14. The molecule has 6 heteroatoms. The van der Waals surface area contributed by atoms with Gasteiger partial charge in [0.2, 0.25) is 0 Å². The zero-order valence-electron chi connectivity index (χ0n) is 12.0. The molecule has 1 amide bonds. The number of ether oxygens (including phenoxy) is 2. The fourth-order valence-corrected chi connectivity index (χ4v) is 1.97. The standard InChI is InChI=1S/C16H15BrN2O3/c1-21-14-7-8-15(17)12(9-14)10-18-19-16(20)11-22-13-5-3-2-4-6-13/h2-10H,11H2,1H3,(H,19,20)/b18-10-. The second-order valence-electron chi connectivity index (χ2n) is 4.28. The van der Waals surface area contributed by atoms with Gasteiger partial charge < -0.3 is 9.47 Å². The van der Waals surface area contributed by atoms with E-state index in [0.29, 0.717) is 11.5 Å². The predicted octanol–water partition coefficient (Wildman–Crippen LogP) is 2.99. The number of amides is 1. The number of hydrazone groups is 1. The Hall–Kier alpha value is -2.34. The van der Waals surface area contributed by atoms with Gasteiger partial charge in [0.25, 0.3) is 5.91 Å². The SMILES string of the molecule is COc1ccc(Br)c(/C=N\NC(=O)COc2ccccc2)c1. The smallest absolute Gasteiger partial charge is 0.277 e. The molecule has 0 heterocycles. The van der Waals surface area contributed by atoms with Crippen molar-refractivity contribution in [1.82, 2.24) is 5.43 Å². The number of carbonyl (C=O) groups excluding carboxylic acids is 1. The Morgan fingerprint density at radius 2 is 2.00 bits per heavy atom. The molecule has 2 rings (SSSR count). The van der Waals surface area contributed by atoms with Crippen LogP contribution in [-0.4, -0.2) is 25.8 Å². The van der Waals surface area contributed by atoms with Crippen molar-refractivity contribution >= 4 is 28.1 Å². The number of hydrogen-bond acceptors (Lipinski definition) is 4. The van der Waals surface area contributed by atoms with Crippen molar-refractivity contribution in [2.75, 3.05) is 13.7 Å². The van der Waals surface area contributed by atoms with Crippen LogP contribution in [0.1, 0.15) is 5.56 Å². The van der Waals surface area contributed by atoms with Crippen LogP contribution in [0.5, 0.6) is 11.5 Å². The summed E-state index contributed by atoms with van der Waals surface area (Å²) in [6.07, 6.45) is 1.53. The molecule has 0 aliphatic carbocycles. The van der Waals surface area contributed by atoms with Gasteiger partial charge in [-0.3, -0.25) is 4.79 Å². The molecular weight excluding hydrogens is 348 g/mol. The molecule has 0 fully saturated rings. The van der Waals surface area contributed by atoms with Gasteiger partial charge in [-0.15, -0.1) is 0 Å². The third-order valence-electron chi connectivity index (χ3n) is 2.71. The van der Waals surface area contributed by atoms with Gasteiger partial charge in [0.15, 0.2) is 6.61 Å². The highest BCUT2D eigenvalue weighted by molar-refractivity contribution is 9.10. The second kappa shape index (κ2) is 8.19. The Morgan fingerprint density at radius 1 is 1.23 bits per heavy atom. The molecule has 0 aliphatic rings. The van der Waals surface area contributed by atoms with Crippen LogP contribution in [0.25, 0.3) is 0 Å². The van der Waals surface area contributed by atoms with E-state index >= 15 is 0 Å². The first-order valence-corrected chi connectivity index (χ1v) is 7.31. The first-order chi connectivity index (χ1) is 10.7. The van der Waals surface area contributed by atoms with Gasteiger partial charge >= 0.3 is 0 Å². The summed E-state index contributed by atoms with van der Waals surface area (Å²) < 4.78 is 11.3. The molecule has 0 radical (unpaired) electrons. The molecule has 2 aromatic rings. The number of nitrogens with one attached hydrogen (secondary N) is 1. The summed E-state index contributed by atoms with van der Waals surface area (Å²) in [6, 6.07) is 14.6. The van der Waals surface area contributed by atoms with Crippen LogP contribution < -0.4 is 14.9 Å². The van der Waals surface area contributed by atoms with Crippen LogP contribution in [0.4, 0.5) is 0 Å². The van der Waals surface area contributed by atoms with Gasteiger partial charge in [0, 0.05) is 10.0 Å². The van der Waals surface area contributed by atoms with E-state index < -0.39 is 0 Å². The van der Waals surface area contributed by atoms with Crippen LogP contribution >= 0.6 is 15.9 Å². The van der Waals surface area contributed by atoms with E-state index in [-0.39, 0.29) is 12.5 Å². The lowest BCUT2D eigenvalue weighted by Gasteiger charge is -2.05. The van der Waals surface area contributed by atoms with Crippen molar-refractivity contribution < 1.29 is 14.3 Å². The van der Waals surface area contributed by atoms with Crippen LogP contribution in [0, 0.1) is 0 Å². The lowest BCUT2D eigenvalue weighted by Crippen LogP contribution is -2.24. The molecule has 0 aromatic heterocycles. The fourth-order valence-electron chi connectivity index (χ4n) is 1.62. The van der Waals surface area contributed by atoms with E-state index in [4.69, 9.17) is 9.47 Å². The third kappa shape index (κ3) is 4.89. The highest BCUT2D eigenvalue weighted by Crippen LogP contribution is 2.20. The summed E-state index contributed by atoms with van der Waals surface area (Å²) in [4.78, 5) is 11.6. The van der Waals surface area contributed by atoms with Crippen molar-refractivity contribution in [3.8, 4) is 11.5 Å². The molecular formula is C16H15BrN2O3. The monoisotopic (exact) mass is 362 g/mol. The molecule has 0 atom stereocenters. The van der Waals surface area contributed by atoms with E-state index in [1.54, 1.807) is 25.3 Å². The number of halogens is 1. The van der Waals surface area contributed by atoms with E-state index in [1.165, 1.54) is 6.21 Å². The number of hydrogen-bond donors (Lipinski definition) is 1. The highest BCUT2D eigenvalue weighted by atomic mass is 79.9. The quantitative estimate of drug-likeness (QED) is 0.634. The maximum Gasteiger partial charge on any atom is 0.277 e. The Kier molecular flexibility index (Phi) is 5.97. The van der Waals surface area contributed by atoms with Crippen LogP contribution in [0.3, 0.4) is 0 Å². The normalized spacial score (nSPS) is 10.5.